The molecule has 0 aromatic heterocycles. The van der Waals surface area contributed by atoms with Crippen molar-refractivity contribution in [1.82, 2.24) is 0 Å². The third kappa shape index (κ3) is 2.19. The molecule has 2 aliphatic carbocycles. The number of hydrogen-bond acceptors (Lipinski definition) is 2. The van der Waals surface area contributed by atoms with Crippen LogP contribution < -0.4 is 5.73 Å². The molecule has 2 saturated carbocycles. The van der Waals surface area contributed by atoms with E-state index in [1.54, 1.807) is 0 Å². The summed E-state index contributed by atoms with van der Waals surface area (Å²) in [6, 6.07) is 11.3. The molecule has 108 valence electrons. The maximum absolute atomic E-state index is 6.63. The van der Waals surface area contributed by atoms with Crippen LogP contribution in [0.5, 0.6) is 0 Å². The van der Waals surface area contributed by atoms with Gasteiger partial charge in [0.15, 0.2) is 0 Å². The fourth-order valence-electron chi connectivity index (χ4n) is 4.39. The van der Waals surface area contributed by atoms with Crippen LogP contribution in [0.15, 0.2) is 30.3 Å². The summed E-state index contributed by atoms with van der Waals surface area (Å²) >= 11 is 0. The quantitative estimate of drug-likeness (QED) is 0.913. The molecule has 1 heterocycles. The Hall–Kier alpha value is -0.860. The molecule has 1 saturated heterocycles. The van der Waals surface area contributed by atoms with Gasteiger partial charge in [-0.2, -0.15) is 0 Å². The number of hydrogen-bond donors (Lipinski definition) is 1. The van der Waals surface area contributed by atoms with E-state index in [9.17, 15) is 0 Å². The summed E-state index contributed by atoms with van der Waals surface area (Å²) in [4.78, 5) is 0. The summed E-state index contributed by atoms with van der Waals surface area (Å²) in [6.07, 6.45) is 7.55. The van der Waals surface area contributed by atoms with Gasteiger partial charge < -0.3 is 10.5 Å². The van der Waals surface area contributed by atoms with E-state index < -0.39 is 0 Å². The zero-order chi connectivity index (χ0) is 13.6. The molecule has 1 spiro atoms. The Kier molecular flexibility index (Phi) is 3.12. The van der Waals surface area contributed by atoms with Crippen molar-refractivity contribution in [3.63, 3.8) is 0 Å². The molecule has 3 aliphatic rings. The van der Waals surface area contributed by atoms with Crippen LogP contribution in [0, 0.1) is 11.8 Å². The second-order valence-electron chi connectivity index (χ2n) is 7.13. The fraction of sp³-hybridized carbons (Fsp3) is 0.667. The Balaban J connectivity index is 1.40. The number of ether oxygens (including phenoxy) is 1. The van der Waals surface area contributed by atoms with Crippen molar-refractivity contribution in [2.24, 2.45) is 17.6 Å². The molecule has 2 heteroatoms. The molecular formula is C18H25NO. The van der Waals surface area contributed by atoms with Crippen LogP contribution in [0.25, 0.3) is 0 Å². The van der Waals surface area contributed by atoms with E-state index in [4.69, 9.17) is 10.5 Å². The van der Waals surface area contributed by atoms with Crippen molar-refractivity contribution in [2.45, 2.75) is 56.1 Å². The predicted molar refractivity (Wildman–Crippen MR) is 80.5 cm³/mol. The first-order chi connectivity index (χ1) is 9.77. The summed E-state index contributed by atoms with van der Waals surface area (Å²) in [7, 11) is 0. The van der Waals surface area contributed by atoms with E-state index in [0.717, 1.165) is 6.61 Å². The topological polar surface area (TPSA) is 35.2 Å². The molecule has 4 unspecified atom stereocenters. The van der Waals surface area contributed by atoms with Gasteiger partial charge in [-0.3, -0.25) is 0 Å². The maximum Gasteiger partial charge on any atom is 0.0685 e. The van der Waals surface area contributed by atoms with Gasteiger partial charge in [0.25, 0.3) is 0 Å². The van der Waals surface area contributed by atoms with Crippen molar-refractivity contribution < 1.29 is 4.74 Å². The molecule has 4 atom stereocenters. The van der Waals surface area contributed by atoms with E-state index >= 15 is 0 Å². The summed E-state index contributed by atoms with van der Waals surface area (Å²) in [5, 5.41) is 0. The van der Waals surface area contributed by atoms with Gasteiger partial charge in [-0.25, -0.2) is 0 Å². The highest BCUT2D eigenvalue weighted by atomic mass is 16.5. The molecule has 1 aliphatic heterocycles. The first-order valence-corrected chi connectivity index (χ1v) is 8.22. The SMILES string of the molecule is NC(C1CCOC2(CCC2)C1)C1CC1c1ccccc1. The molecule has 3 fully saturated rings. The molecule has 0 amide bonds. The third-order valence-electron chi connectivity index (χ3n) is 5.90. The maximum atomic E-state index is 6.63. The number of benzene rings is 1. The molecule has 4 rings (SSSR count). The van der Waals surface area contributed by atoms with Gasteiger partial charge in [-0.15, -0.1) is 0 Å². The van der Waals surface area contributed by atoms with E-state index in [-0.39, 0.29) is 5.60 Å². The van der Waals surface area contributed by atoms with E-state index in [1.807, 2.05) is 0 Å². The van der Waals surface area contributed by atoms with Gasteiger partial charge in [0, 0.05) is 12.6 Å². The molecule has 2 nitrogen and oxygen atoms in total. The standard InChI is InChI=1S/C18H25NO/c19-17(14-7-10-20-18(12-14)8-4-9-18)16-11-15(16)13-5-2-1-3-6-13/h1-3,5-6,14-17H,4,7-12,19H2. The van der Waals surface area contributed by atoms with Crippen LogP contribution in [0.4, 0.5) is 0 Å². The minimum atomic E-state index is 0.234. The highest BCUT2D eigenvalue weighted by Gasteiger charge is 2.49. The predicted octanol–water partition coefficient (Wildman–Crippen LogP) is 3.47. The highest BCUT2D eigenvalue weighted by Crippen LogP contribution is 2.53. The van der Waals surface area contributed by atoms with E-state index in [0.29, 0.717) is 23.8 Å². The Morgan fingerprint density at radius 3 is 2.70 bits per heavy atom. The minimum Gasteiger partial charge on any atom is -0.375 e. The lowest BCUT2D eigenvalue weighted by Gasteiger charge is -2.48. The summed E-state index contributed by atoms with van der Waals surface area (Å²) < 4.78 is 6.04. The van der Waals surface area contributed by atoms with Crippen LogP contribution in [0.3, 0.4) is 0 Å². The largest absolute Gasteiger partial charge is 0.375 e. The summed E-state index contributed by atoms with van der Waals surface area (Å²) in [5.74, 6) is 2.10. The van der Waals surface area contributed by atoms with Crippen molar-refractivity contribution in [2.75, 3.05) is 6.61 Å². The van der Waals surface area contributed by atoms with Crippen LogP contribution in [-0.2, 0) is 4.74 Å². The van der Waals surface area contributed by atoms with E-state index in [1.165, 1.54) is 44.1 Å². The van der Waals surface area contributed by atoms with Crippen molar-refractivity contribution >= 4 is 0 Å². The lowest BCUT2D eigenvalue weighted by molar-refractivity contribution is -0.146. The third-order valence-corrected chi connectivity index (χ3v) is 5.90. The molecule has 0 radical (unpaired) electrons. The lowest BCUT2D eigenvalue weighted by atomic mass is 9.70. The first-order valence-electron chi connectivity index (χ1n) is 8.22. The van der Waals surface area contributed by atoms with Gasteiger partial charge in [-0.1, -0.05) is 30.3 Å². The molecule has 1 aromatic rings. The Bertz CT molecular complexity index is 468. The fourth-order valence-corrected chi connectivity index (χ4v) is 4.39. The zero-order valence-electron chi connectivity index (χ0n) is 12.1. The van der Waals surface area contributed by atoms with Gasteiger partial charge >= 0.3 is 0 Å². The van der Waals surface area contributed by atoms with Crippen LogP contribution in [-0.4, -0.2) is 18.2 Å². The Labute approximate surface area is 121 Å². The van der Waals surface area contributed by atoms with E-state index in [2.05, 4.69) is 30.3 Å². The van der Waals surface area contributed by atoms with Crippen molar-refractivity contribution in [3.05, 3.63) is 35.9 Å². The first kappa shape index (κ1) is 12.8. The average Bonchev–Trinajstić information content (AvgIpc) is 3.26. The molecular weight excluding hydrogens is 246 g/mol. The van der Waals surface area contributed by atoms with Gasteiger partial charge in [0.1, 0.15) is 0 Å². The van der Waals surface area contributed by atoms with Crippen LogP contribution >= 0.6 is 0 Å². The Morgan fingerprint density at radius 1 is 1.20 bits per heavy atom. The molecule has 1 aromatic carbocycles. The second-order valence-corrected chi connectivity index (χ2v) is 7.13. The normalized spacial score (nSPS) is 36.4. The average molecular weight is 271 g/mol. The summed E-state index contributed by atoms with van der Waals surface area (Å²) in [5.41, 5.74) is 8.34. The van der Waals surface area contributed by atoms with Gasteiger partial charge in [0.05, 0.1) is 5.60 Å². The molecule has 0 bridgehead atoms. The summed E-state index contributed by atoms with van der Waals surface area (Å²) in [6.45, 7) is 0.932. The highest BCUT2D eigenvalue weighted by molar-refractivity contribution is 5.26. The Morgan fingerprint density at radius 2 is 2.00 bits per heavy atom. The molecule has 2 N–H and O–H groups in total. The second kappa shape index (κ2) is 4.85. The van der Waals surface area contributed by atoms with Crippen molar-refractivity contribution in [1.29, 1.82) is 0 Å². The van der Waals surface area contributed by atoms with Gasteiger partial charge in [-0.05, 0) is 61.8 Å². The number of rotatable bonds is 3. The van der Waals surface area contributed by atoms with Crippen molar-refractivity contribution in [3.8, 4) is 0 Å². The molecule has 20 heavy (non-hydrogen) atoms. The lowest BCUT2D eigenvalue weighted by Crippen LogP contribution is -2.49. The number of nitrogens with two attached hydrogens (primary N) is 1. The van der Waals surface area contributed by atoms with Crippen LogP contribution in [0.1, 0.15) is 50.0 Å². The zero-order valence-corrected chi connectivity index (χ0v) is 12.1. The monoisotopic (exact) mass is 271 g/mol. The van der Waals surface area contributed by atoms with Gasteiger partial charge in [0.2, 0.25) is 0 Å². The minimum absolute atomic E-state index is 0.234. The smallest absolute Gasteiger partial charge is 0.0685 e. The van der Waals surface area contributed by atoms with Crippen LogP contribution in [0.2, 0.25) is 0 Å².